The van der Waals surface area contributed by atoms with E-state index in [1.165, 1.54) is 24.0 Å². The van der Waals surface area contributed by atoms with E-state index in [-0.39, 0.29) is 16.8 Å². The molecule has 0 radical (unpaired) electrons. The van der Waals surface area contributed by atoms with Gasteiger partial charge in [-0.05, 0) is 56.4 Å². The monoisotopic (exact) mass is 325 g/mol. The third-order valence-corrected chi connectivity index (χ3v) is 3.75. The summed E-state index contributed by atoms with van der Waals surface area (Å²) in [5, 5.41) is 2.84. The molecule has 2 unspecified atom stereocenters. The number of nitrogens with one attached hydrogen (secondary N) is 1. The van der Waals surface area contributed by atoms with Gasteiger partial charge in [-0.3, -0.25) is 4.79 Å². The van der Waals surface area contributed by atoms with E-state index in [1.54, 1.807) is 6.92 Å². The largest absolute Gasteiger partial charge is 0.489 e. The highest BCUT2D eigenvalue weighted by Crippen LogP contribution is 2.26. The zero-order chi connectivity index (χ0) is 13.8. The quantitative estimate of drug-likeness (QED) is 0.845. The Morgan fingerprint density at radius 2 is 2.11 bits per heavy atom. The van der Waals surface area contributed by atoms with Crippen LogP contribution in [0.2, 0.25) is 0 Å². The van der Waals surface area contributed by atoms with Crippen LogP contribution in [0.25, 0.3) is 0 Å². The van der Waals surface area contributed by atoms with Crippen LogP contribution in [0.1, 0.15) is 31.4 Å². The standard InChI is InChI=1S/C15H20BrNO2/c1-10(9-17-15(18)11(2)16)19-14-7-6-12-4-3-5-13(12)8-14/h6-8,10-11H,3-5,9H2,1-2H3,(H,17,18). The van der Waals surface area contributed by atoms with E-state index < -0.39 is 0 Å². The first-order valence-corrected chi connectivity index (χ1v) is 7.68. The fraction of sp³-hybridized carbons (Fsp3) is 0.533. The van der Waals surface area contributed by atoms with Crippen LogP contribution < -0.4 is 10.1 Å². The average Bonchev–Trinajstić information content (AvgIpc) is 2.83. The number of alkyl halides is 1. The number of halogens is 1. The first kappa shape index (κ1) is 14.4. The summed E-state index contributed by atoms with van der Waals surface area (Å²) >= 11 is 3.24. The Labute approximate surface area is 122 Å². The lowest BCUT2D eigenvalue weighted by molar-refractivity contribution is -0.120. The summed E-state index contributed by atoms with van der Waals surface area (Å²) in [6.45, 7) is 4.29. The van der Waals surface area contributed by atoms with Crippen molar-refractivity contribution in [1.82, 2.24) is 5.32 Å². The van der Waals surface area contributed by atoms with E-state index >= 15 is 0 Å². The molecule has 1 aromatic carbocycles. The van der Waals surface area contributed by atoms with Crippen molar-refractivity contribution in [3.05, 3.63) is 29.3 Å². The number of carbonyl (C=O) groups is 1. The lowest BCUT2D eigenvalue weighted by Crippen LogP contribution is -2.36. The van der Waals surface area contributed by atoms with Gasteiger partial charge < -0.3 is 10.1 Å². The maximum absolute atomic E-state index is 11.4. The summed E-state index contributed by atoms with van der Waals surface area (Å²) in [7, 11) is 0. The van der Waals surface area contributed by atoms with E-state index in [4.69, 9.17) is 4.74 Å². The molecule has 104 valence electrons. The van der Waals surface area contributed by atoms with Crippen LogP contribution in [0, 0.1) is 0 Å². The molecular formula is C15H20BrNO2. The molecule has 0 aliphatic heterocycles. The van der Waals surface area contributed by atoms with Crippen molar-refractivity contribution in [2.75, 3.05) is 6.54 Å². The molecule has 1 aliphatic carbocycles. The molecule has 1 amide bonds. The number of carbonyl (C=O) groups excluding carboxylic acids is 1. The van der Waals surface area contributed by atoms with Crippen LogP contribution in [0.15, 0.2) is 18.2 Å². The maximum atomic E-state index is 11.4. The molecule has 0 saturated carbocycles. The van der Waals surface area contributed by atoms with Crippen molar-refractivity contribution >= 4 is 21.8 Å². The van der Waals surface area contributed by atoms with Crippen LogP contribution in [0.4, 0.5) is 0 Å². The number of fused-ring (bicyclic) bond motifs is 1. The number of aryl methyl sites for hydroxylation is 2. The first-order valence-electron chi connectivity index (χ1n) is 6.76. The van der Waals surface area contributed by atoms with E-state index in [2.05, 4.69) is 33.4 Å². The molecule has 19 heavy (non-hydrogen) atoms. The van der Waals surface area contributed by atoms with Crippen molar-refractivity contribution in [3.8, 4) is 5.75 Å². The zero-order valence-corrected chi connectivity index (χ0v) is 13.0. The highest BCUT2D eigenvalue weighted by Gasteiger charge is 2.13. The van der Waals surface area contributed by atoms with Gasteiger partial charge in [0.05, 0.1) is 11.4 Å². The van der Waals surface area contributed by atoms with Crippen LogP contribution in [-0.2, 0) is 17.6 Å². The van der Waals surface area contributed by atoms with Gasteiger partial charge in [0.25, 0.3) is 0 Å². The third kappa shape index (κ3) is 3.96. The van der Waals surface area contributed by atoms with E-state index in [0.29, 0.717) is 6.54 Å². The Balaban J connectivity index is 1.85. The highest BCUT2D eigenvalue weighted by molar-refractivity contribution is 9.10. The fourth-order valence-electron chi connectivity index (χ4n) is 2.28. The van der Waals surface area contributed by atoms with Gasteiger partial charge in [0.15, 0.2) is 0 Å². The molecule has 0 saturated heterocycles. The van der Waals surface area contributed by atoms with E-state index in [1.807, 2.05) is 13.0 Å². The van der Waals surface area contributed by atoms with Gasteiger partial charge >= 0.3 is 0 Å². The average molecular weight is 326 g/mol. The van der Waals surface area contributed by atoms with E-state index in [0.717, 1.165) is 12.2 Å². The number of amides is 1. The summed E-state index contributed by atoms with van der Waals surface area (Å²) < 4.78 is 5.84. The SMILES string of the molecule is CC(CNC(=O)C(C)Br)Oc1ccc2c(c1)CCC2. The van der Waals surface area contributed by atoms with Gasteiger partial charge in [-0.2, -0.15) is 0 Å². The van der Waals surface area contributed by atoms with Crippen LogP contribution in [0.5, 0.6) is 5.75 Å². The number of hydrogen-bond donors (Lipinski definition) is 1. The van der Waals surface area contributed by atoms with Gasteiger partial charge in [0.2, 0.25) is 5.91 Å². The molecule has 0 fully saturated rings. The molecule has 0 heterocycles. The second-order valence-electron chi connectivity index (χ2n) is 5.07. The number of ether oxygens (including phenoxy) is 1. The number of hydrogen-bond acceptors (Lipinski definition) is 2. The highest BCUT2D eigenvalue weighted by atomic mass is 79.9. The molecule has 2 atom stereocenters. The predicted molar refractivity (Wildman–Crippen MR) is 80.0 cm³/mol. The topological polar surface area (TPSA) is 38.3 Å². The van der Waals surface area contributed by atoms with Crippen LogP contribution in [0.3, 0.4) is 0 Å². The molecule has 2 rings (SSSR count). The maximum Gasteiger partial charge on any atom is 0.233 e. The second kappa shape index (κ2) is 6.42. The van der Waals surface area contributed by atoms with Gasteiger partial charge in [-0.1, -0.05) is 22.0 Å². The first-order chi connectivity index (χ1) is 9.06. The number of benzene rings is 1. The van der Waals surface area contributed by atoms with Gasteiger partial charge in [0, 0.05) is 0 Å². The minimum atomic E-state index is -0.167. The van der Waals surface area contributed by atoms with Crippen molar-refractivity contribution in [3.63, 3.8) is 0 Å². The van der Waals surface area contributed by atoms with E-state index in [9.17, 15) is 4.79 Å². The minimum absolute atomic E-state index is 0.00981. The summed E-state index contributed by atoms with van der Waals surface area (Å²) in [5.74, 6) is 0.888. The predicted octanol–water partition coefficient (Wildman–Crippen LogP) is 2.84. The molecule has 0 spiro atoms. The minimum Gasteiger partial charge on any atom is -0.489 e. The molecule has 4 heteroatoms. The summed E-state index contributed by atoms with van der Waals surface area (Å²) in [4.78, 5) is 11.3. The van der Waals surface area contributed by atoms with Crippen LogP contribution in [-0.4, -0.2) is 23.4 Å². The molecular weight excluding hydrogens is 306 g/mol. The Kier molecular flexibility index (Phi) is 4.86. The molecule has 1 N–H and O–H groups in total. The Bertz CT molecular complexity index is 459. The molecule has 3 nitrogen and oxygen atoms in total. The normalized spacial score (nSPS) is 16.6. The van der Waals surface area contributed by atoms with Crippen molar-refractivity contribution in [2.24, 2.45) is 0 Å². The zero-order valence-electron chi connectivity index (χ0n) is 11.4. The molecule has 0 aromatic heterocycles. The molecule has 1 aliphatic rings. The lowest BCUT2D eigenvalue weighted by Gasteiger charge is -2.16. The Morgan fingerprint density at radius 3 is 2.84 bits per heavy atom. The fourth-order valence-corrected chi connectivity index (χ4v) is 2.44. The number of rotatable bonds is 5. The summed E-state index contributed by atoms with van der Waals surface area (Å²) in [6, 6.07) is 6.31. The molecule has 1 aromatic rings. The third-order valence-electron chi connectivity index (χ3n) is 3.33. The Morgan fingerprint density at radius 1 is 1.37 bits per heavy atom. The Hall–Kier alpha value is -1.03. The van der Waals surface area contributed by atoms with Crippen LogP contribution >= 0.6 is 15.9 Å². The smallest absolute Gasteiger partial charge is 0.233 e. The van der Waals surface area contributed by atoms with Gasteiger partial charge in [-0.15, -0.1) is 0 Å². The van der Waals surface area contributed by atoms with Crippen molar-refractivity contribution in [1.29, 1.82) is 0 Å². The van der Waals surface area contributed by atoms with Gasteiger partial charge in [-0.25, -0.2) is 0 Å². The lowest BCUT2D eigenvalue weighted by atomic mass is 10.1. The molecule has 0 bridgehead atoms. The van der Waals surface area contributed by atoms with Gasteiger partial charge in [0.1, 0.15) is 11.9 Å². The summed E-state index contributed by atoms with van der Waals surface area (Å²) in [5.41, 5.74) is 2.85. The second-order valence-corrected chi connectivity index (χ2v) is 6.45. The van der Waals surface area contributed by atoms with Crippen molar-refractivity contribution < 1.29 is 9.53 Å². The summed E-state index contributed by atoms with van der Waals surface area (Å²) in [6.07, 6.45) is 3.55. The van der Waals surface area contributed by atoms with Crippen molar-refractivity contribution in [2.45, 2.75) is 44.0 Å².